The Morgan fingerprint density at radius 3 is 3.00 bits per heavy atom. The van der Waals surface area contributed by atoms with E-state index in [9.17, 15) is 4.79 Å². The number of esters is 1. The second-order valence-electron chi connectivity index (χ2n) is 6.24. The van der Waals surface area contributed by atoms with Crippen LogP contribution in [0.5, 0.6) is 0 Å². The number of allylic oxidation sites excluding steroid dienone is 1. The number of nitrogen functional groups attached to an aromatic ring is 1. The molecule has 2 aromatic heterocycles. The number of carbonyl (C=O) groups excluding carboxylic acids is 1. The second-order valence-corrected chi connectivity index (χ2v) is 6.24. The molecule has 1 saturated carbocycles. The normalized spacial score (nSPS) is 22.9. The molecule has 2 aromatic rings. The van der Waals surface area contributed by atoms with Gasteiger partial charge in [-0.05, 0) is 18.9 Å². The number of nitrogens with two attached hydrogens (primary N) is 1. The van der Waals surface area contributed by atoms with E-state index in [4.69, 9.17) is 10.5 Å². The SMILES string of the molecule is CCC(=O)O[C@@H]1C=C[C@H](n2cnc3c(NC4CC4)nc(N)nc32)C1. The summed E-state index contributed by atoms with van der Waals surface area (Å²) in [5.41, 5.74) is 7.29. The largest absolute Gasteiger partial charge is 0.458 e. The summed E-state index contributed by atoms with van der Waals surface area (Å²) < 4.78 is 7.34. The van der Waals surface area contributed by atoms with Crippen molar-refractivity contribution in [3.63, 3.8) is 0 Å². The third kappa shape index (κ3) is 2.79. The minimum atomic E-state index is -0.205. The van der Waals surface area contributed by atoms with E-state index in [1.54, 1.807) is 13.3 Å². The standard InChI is InChI=1S/C16H20N6O2/c1-2-12(23)24-11-6-5-10(7-11)22-8-18-13-14(19-9-3-4-9)20-16(17)21-15(13)22/h5-6,8-11H,2-4,7H2,1H3,(H3,17,19,20,21)/t10-,11+/m0/s1. The van der Waals surface area contributed by atoms with Gasteiger partial charge in [0.15, 0.2) is 17.0 Å². The van der Waals surface area contributed by atoms with Crippen LogP contribution < -0.4 is 11.1 Å². The van der Waals surface area contributed by atoms with Gasteiger partial charge in [0, 0.05) is 18.9 Å². The quantitative estimate of drug-likeness (QED) is 0.636. The Balaban J connectivity index is 1.60. The summed E-state index contributed by atoms with van der Waals surface area (Å²) in [6.07, 6.45) is 8.80. The minimum absolute atomic E-state index is 0.0349. The number of hydrogen-bond acceptors (Lipinski definition) is 7. The molecule has 2 aliphatic rings. The maximum absolute atomic E-state index is 11.5. The molecule has 0 aromatic carbocycles. The van der Waals surface area contributed by atoms with E-state index in [2.05, 4.69) is 20.3 Å². The summed E-state index contributed by atoms with van der Waals surface area (Å²) in [6, 6.07) is 0.490. The number of fused-ring (bicyclic) bond motifs is 1. The summed E-state index contributed by atoms with van der Waals surface area (Å²) >= 11 is 0. The summed E-state index contributed by atoms with van der Waals surface area (Å²) in [5.74, 6) is 0.723. The molecule has 1 fully saturated rings. The number of aromatic nitrogens is 4. The Bertz CT molecular complexity index is 810. The highest BCUT2D eigenvalue weighted by Gasteiger charge is 2.27. The molecule has 8 heteroatoms. The zero-order valence-electron chi connectivity index (χ0n) is 13.5. The zero-order chi connectivity index (χ0) is 16.7. The molecule has 0 aliphatic heterocycles. The number of ether oxygens (including phenoxy) is 1. The minimum Gasteiger partial charge on any atom is -0.458 e. The molecular formula is C16H20N6O2. The van der Waals surface area contributed by atoms with Gasteiger partial charge in [-0.3, -0.25) is 4.79 Å². The van der Waals surface area contributed by atoms with Crippen LogP contribution in [-0.4, -0.2) is 37.6 Å². The first-order valence-electron chi connectivity index (χ1n) is 8.28. The predicted octanol–water partition coefficient (Wildman–Crippen LogP) is 1.81. The van der Waals surface area contributed by atoms with Crippen molar-refractivity contribution in [1.29, 1.82) is 0 Å². The molecule has 8 nitrogen and oxygen atoms in total. The van der Waals surface area contributed by atoms with Crippen LogP contribution in [0, 0.1) is 0 Å². The average Bonchev–Trinajstić information content (AvgIpc) is 3.08. The molecule has 2 aliphatic carbocycles. The van der Waals surface area contributed by atoms with Crippen LogP contribution in [0.25, 0.3) is 11.2 Å². The van der Waals surface area contributed by atoms with E-state index in [0.717, 1.165) is 18.4 Å². The average molecular weight is 328 g/mol. The highest BCUT2D eigenvalue weighted by Crippen LogP contribution is 2.32. The topological polar surface area (TPSA) is 108 Å². The van der Waals surface area contributed by atoms with Gasteiger partial charge in [0.25, 0.3) is 0 Å². The Morgan fingerprint density at radius 1 is 1.42 bits per heavy atom. The lowest BCUT2D eigenvalue weighted by atomic mass is 10.2. The fourth-order valence-corrected chi connectivity index (χ4v) is 2.89. The fourth-order valence-electron chi connectivity index (χ4n) is 2.89. The maximum Gasteiger partial charge on any atom is 0.306 e. The molecule has 0 bridgehead atoms. The van der Waals surface area contributed by atoms with E-state index in [0.29, 0.717) is 30.3 Å². The van der Waals surface area contributed by atoms with Gasteiger partial charge in [-0.1, -0.05) is 13.0 Å². The van der Waals surface area contributed by atoms with Crippen LogP contribution in [-0.2, 0) is 9.53 Å². The van der Waals surface area contributed by atoms with E-state index in [-0.39, 0.29) is 24.1 Å². The molecule has 4 rings (SSSR count). The van der Waals surface area contributed by atoms with Gasteiger partial charge in [0.1, 0.15) is 6.10 Å². The Kier molecular flexibility index (Phi) is 3.59. The third-order valence-electron chi connectivity index (χ3n) is 4.31. The summed E-state index contributed by atoms with van der Waals surface area (Å²) in [5, 5.41) is 3.35. The number of rotatable bonds is 5. The van der Waals surface area contributed by atoms with Crippen molar-refractivity contribution in [3.05, 3.63) is 18.5 Å². The second kappa shape index (κ2) is 5.77. The number of hydrogen-bond donors (Lipinski definition) is 2. The van der Waals surface area contributed by atoms with Crippen LogP contribution in [0.15, 0.2) is 18.5 Å². The number of anilines is 2. The molecule has 0 radical (unpaired) electrons. The van der Waals surface area contributed by atoms with E-state index < -0.39 is 0 Å². The molecule has 24 heavy (non-hydrogen) atoms. The lowest BCUT2D eigenvalue weighted by Gasteiger charge is -2.14. The highest BCUT2D eigenvalue weighted by atomic mass is 16.5. The van der Waals surface area contributed by atoms with Crippen LogP contribution in [0.3, 0.4) is 0 Å². The van der Waals surface area contributed by atoms with Crippen molar-refractivity contribution in [2.24, 2.45) is 0 Å². The van der Waals surface area contributed by atoms with Crippen LogP contribution in [0.4, 0.5) is 11.8 Å². The van der Waals surface area contributed by atoms with Crippen molar-refractivity contribution in [3.8, 4) is 0 Å². The maximum atomic E-state index is 11.5. The van der Waals surface area contributed by atoms with Crippen molar-refractivity contribution in [2.45, 2.75) is 50.8 Å². The van der Waals surface area contributed by atoms with Crippen molar-refractivity contribution < 1.29 is 9.53 Å². The monoisotopic (exact) mass is 328 g/mol. The van der Waals surface area contributed by atoms with E-state index in [1.807, 2.05) is 16.7 Å². The number of nitrogens with one attached hydrogen (secondary N) is 1. The molecule has 3 N–H and O–H groups in total. The molecule has 2 heterocycles. The zero-order valence-corrected chi connectivity index (χ0v) is 13.5. The number of carbonyl (C=O) groups is 1. The molecule has 0 amide bonds. The predicted molar refractivity (Wildman–Crippen MR) is 89.3 cm³/mol. The summed E-state index contributed by atoms with van der Waals surface area (Å²) in [4.78, 5) is 24.6. The van der Waals surface area contributed by atoms with Gasteiger partial charge in [-0.2, -0.15) is 9.97 Å². The van der Waals surface area contributed by atoms with Gasteiger partial charge < -0.3 is 20.4 Å². The van der Waals surface area contributed by atoms with Gasteiger partial charge in [0.05, 0.1) is 12.4 Å². The van der Waals surface area contributed by atoms with Crippen molar-refractivity contribution in [2.75, 3.05) is 11.1 Å². The van der Waals surface area contributed by atoms with Gasteiger partial charge in [-0.15, -0.1) is 0 Å². The van der Waals surface area contributed by atoms with E-state index in [1.165, 1.54) is 0 Å². The molecule has 0 spiro atoms. The first-order chi connectivity index (χ1) is 11.6. The van der Waals surface area contributed by atoms with Crippen molar-refractivity contribution >= 4 is 28.9 Å². The molecule has 0 unspecified atom stereocenters. The first kappa shape index (κ1) is 14.9. The van der Waals surface area contributed by atoms with Gasteiger partial charge in [-0.25, -0.2) is 4.98 Å². The van der Waals surface area contributed by atoms with Crippen molar-refractivity contribution in [1.82, 2.24) is 19.5 Å². The Hall–Kier alpha value is -2.64. The van der Waals surface area contributed by atoms with Crippen LogP contribution >= 0.6 is 0 Å². The smallest absolute Gasteiger partial charge is 0.306 e. The molecular weight excluding hydrogens is 308 g/mol. The highest BCUT2D eigenvalue weighted by molar-refractivity contribution is 5.84. The fraction of sp³-hybridized carbons (Fsp3) is 0.500. The van der Waals surface area contributed by atoms with Gasteiger partial charge >= 0.3 is 5.97 Å². The molecule has 2 atom stereocenters. The Labute approximate surface area is 139 Å². The summed E-state index contributed by atoms with van der Waals surface area (Å²) in [7, 11) is 0. The number of imidazole rings is 1. The molecule has 0 saturated heterocycles. The number of nitrogens with zero attached hydrogens (tertiary/aromatic N) is 4. The van der Waals surface area contributed by atoms with Crippen LogP contribution in [0.1, 0.15) is 38.6 Å². The third-order valence-corrected chi connectivity index (χ3v) is 4.31. The first-order valence-corrected chi connectivity index (χ1v) is 8.28. The van der Waals surface area contributed by atoms with Crippen LogP contribution in [0.2, 0.25) is 0 Å². The Morgan fingerprint density at radius 2 is 2.25 bits per heavy atom. The lowest BCUT2D eigenvalue weighted by Crippen LogP contribution is -2.16. The summed E-state index contributed by atoms with van der Waals surface area (Å²) in [6.45, 7) is 1.79. The lowest BCUT2D eigenvalue weighted by molar-refractivity contribution is -0.146. The van der Waals surface area contributed by atoms with Gasteiger partial charge in [0.2, 0.25) is 5.95 Å². The van der Waals surface area contributed by atoms with E-state index >= 15 is 0 Å². The molecule has 126 valence electrons.